The molecule has 0 spiro atoms. The number of urea groups is 1. The van der Waals surface area contributed by atoms with Gasteiger partial charge < -0.3 is 10.6 Å². The van der Waals surface area contributed by atoms with Crippen LogP contribution >= 0.6 is 24.2 Å². The van der Waals surface area contributed by atoms with E-state index >= 15 is 0 Å². The number of carbonyl (C=O) groups is 2. The van der Waals surface area contributed by atoms with Crippen LogP contribution in [0.25, 0.3) is 10.4 Å². The summed E-state index contributed by atoms with van der Waals surface area (Å²) in [5.41, 5.74) is 8.90. The maximum atomic E-state index is 12.4. The van der Waals surface area contributed by atoms with E-state index in [4.69, 9.17) is 10.0 Å². The maximum absolute atomic E-state index is 12.4. The molecule has 4 rings (SSSR count). The van der Waals surface area contributed by atoms with Crippen molar-refractivity contribution in [1.29, 1.82) is 0 Å². The number of thiophene rings is 1. The fourth-order valence-corrected chi connectivity index (χ4v) is 5.23. The molecule has 0 radical (unpaired) electrons. The van der Waals surface area contributed by atoms with Crippen molar-refractivity contribution in [3.8, 4) is 10.4 Å². The Morgan fingerprint density at radius 2 is 2.20 bits per heavy atom. The van der Waals surface area contributed by atoms with Crippen molar-refractivity contribution < 1.29 is 13.9 Å². The highest BCUT2D eigenvalue weighted by atomic mass is 32.1. The minimum absolute atomic E-state index is 0.283. The van der Waals surface area contributed by atoms with E-state index in [1.165, 1.54) is 26.9 Å². The van der Waals surface area contributed by atoms with Gasteiger partial charge in [0.2, 0.25) is 5.91 Å². The molecule has 2 bridgehead atoms. The SMILES string of the molecule is CCc1ccccc1-c1cc2c(s1)C(C(N)=O)N1CC2N(OS)C1=O. The van der Waals surface area contributed by atoms with Crippen molar-refractivity contribution in [3.63, 3.8) is 0 Å². The zero-order valence-electron chi connectivity index (χ0n) is 13.5. The van der Waals surface area contributed by atoms with Crippen LogP contribution < -0.4 is 5.73 Å². The molecule has 0 saturated carbocycles. The zero-order chi connectivity index (χ0) is 17.7. The Kier molecular flexibility index (Phi) is 3.98. The Morgan fingerprint density at radius 3 is 2.88 bits per heavy atom. The summed E-state index contributed by atoms with van der Waals surface area (Å²) in [6, 6.07) is 8.81. The largest absolute Gasteiger partial charge is 0.368 e. The number of rotatable bonds is 4. The summed E-state index contributed by atoms with van der Waals surface area (Å²) < 4.78 is 4.97. The summed E-state index contributed by atoms with van der Waals surface area (Å²) in [4.78, 5) is 27.8. The predicted octanol–water partition coefficient (Wildman–Crippen LogP) is 3.07. The van der Waals surface area contributed by atoms with Crippen molar-refractivity contribution in [2.24, 2.45) is 5.73 Å². The van der Waals surface area contributed by atoms with Crippen LogP contribution in [0.1, 0.15) is 35.0 Å². The number of primary amides is 1. The fourth-order valence-electron chi connectivity index (χ4n) is 3.65. The second-order valence-electron chi connectivity index (χ2n) is 6.10. The highest BCUT2D eigenvalue weighted by Gasteiger charge is 2.51. The molecule has 8 heteroatoms. The second kappa shape index (κ2) is 6.05. The molecule has 2 aliphatic heterocycles. The van der Waals surface area contributed by atoms with Gasteiger partial charge in [-0.15, -0.1) is 11.3 Å². The smallest absolute Gasteiger partial charge is 0.346 e. The molecule has 25 heavy (non-hydrogen) atoms. The molecular formula is C17H17N3O3S2. The van der Waals surface area contributed by atoms with Crippen LogP contribution in [0.4, 0.5) is 4.79 Å². The molecule has 3 heterocycles. The van der Waals surface area contributed by atoms with Crippen LogP contribution in [0.15, 0.2) is 30.3 Å². The van der Waals surface area contributed by atoms with Crippen LogP contribution in [0.5, 0.6) is 0 Å². The maximum Gasteiger partial charge on any atom is 0.346 e. The quantitative estimate of drug-likeness (QED) is 0.637. The molecule has 2 unspecified atom stereocenters. The summed E-state index contributed by atoms with van der Waals surface area (Å²) in [6.45, 7) is 2.48. The van der Waals surface area contributed by atoms with E-state index in [0.717, 1.165) is 27.3 Å². The van der Waals surface area contributed by atoms with E-state index in [9.17, 15) is 9.59 Å². The number of amides is 3. The molecule has 0 aliphatic carbocycles. The van der Waals surface area contributed by atoms with Crippen LogP contribution in [0.3, 0.4) is 0 Å². The summed E-state index contributed by atoms with van der Waals surface area (Å²) in [5, 5.41) is 1.20. The Labute approximate surface area is 154 Å². The lowest BCUT2D eigenvalue weighted by Gasteiger charge is -2.27. The van der Waals surface area contributed by atoms with Crippen LogP contribution in [0.2, 0.25) is 0 Å². The summed E-state index contributed by atoms with van der Waals surface area (Å²) in [7, 11) is 0. The highest BCUT2D eigenvalue weighted by molar-refractivity contribution is 7.75. The number of thiol groups is 1. The van der Waals surface area contributed by atoms with Gasteiger partial charge in [0.25, 0.3) is 0 Å². The zero-order valence-corrected chi connectivity index (χ0v) is 15.2. The van der Waals surface area contributed by atoms with Gasteiger partial charge in [0.15, 0.2) is 0 Å². The predicted molar refractivity (Wildman–Crippen MR) is 97.8 cm³/mol. The fraction of sp³-hybridized carbons (Fsp3) is 0.294. The number of hydrogen-bond acceptors (Lipinski definition) is 5. The molecule has 2 atom stereocenters. The highest BCUT2D eigenvalue weighted by Crippen LogP contribution is 2.49. The Bertz CT molecular complexity index is 867. The molecule has 2 aliphatic rings. The van der Waals surface area contributed by atoms with Gasteiger partial charge in [0.05, 0.1) is 6.54 Å². The number of benzene rings is 1. The van der Waals surface area contributed by atoms with E-state index < -0.39 is 11.9 Å². The first kappa shape index (κ1) is 16.4. The molecule has 130 valence electrons. The van der Waals surface area contributed by atoms with Gasteiger partial charge in [-0.25, -0.2) is 9.08 Å². The molecule has 1 fully saturated rings. The molecule has 1 aromatic carbocycles. The number of nitrogens with two attached hydrogens (primary N) is 1. The molecule has 2 N–H and O–H groups in total. The first-order valence-corrected chi connectivity index (χ1v) is 9.17. The van der Waals surface area contributed by atoms with E-state index in [1.807, 2.05) is 18.2 Å². The average molecular weight is 375 g/mol. The summed E-state index contributed by atoms with van der Waals surface area (Å²) in [5.74, 6) is -0.536. The number of fused-ring (bicyclic) bond motifs is 4. The number of carbonyl (C=O) groups excluding carboxylic acids is 2. The van der Waals surface area contributed by atoms with Crippen molar-refractivity contribution in [2.45, 2.75) is 25.4 Å². The van der Waals surface area contributed by atoms with Crippen LogP contribution in [0, 0.1) is 0 Å². The lowest BCUT2D eigenvalue weighted by Crippen LogP contribution is -2.40. The first-order valence-electron chi connectivity index (χ1n) is 7.99. The van der Waals surface area contributed by atoms with E-state index in [-0.39, 0.29) is 12.1 Å². The number of hydroxylamine groups is 2. The third kappa shape index (κ3) is 2.36. The van der Waals surface area contributed by atoms with Gasteiger partial charge in [-0.1, -0.05) is 31.2 Å². The van der Waals surface area contributed by atoms with E-state index in [1.54, 1.807) is 0 Å². The minimum atomic E-state index is -0.764. The molecule has 2 aromatic rings. The lowest BCUT2D eigenvalue weighted by atomic mass is 9.97. The summed E-state index contributed by atoms with van der Waals surface area (Å²) in [6.07, 6.45) is 0.915. The van der Waals surface area contributed by atoms with Crippen molar-refractivity contribution in [3.05, 3.63) is 46.3 Å². The van der Waals surface area contributed by atoms with Gasteiger partial charge >= 0.3 is 6.03 Å². The Hall–Kier alpha value is -2.03. The van der Waals surface area contributed by atoms with Crippen molar-refractivity contribution >= 4 is 36.2 Å². The van der Waals surface area contributed by atoms with Gasteiger partial charge in [-0.2, -0.15) is 5.06 Å². The summed E-state index contributed by atoms with van der Waals surface area (Å²) >= 11 is 5.32. The first-order chi connectivity index (χ1) is 12.1. The standard InChI is InChI=1S/C17H17N3O3S2/c1-2-9-5-3-4-6-10(9)13-7-11-12-8-19(17(22)20(12)23-24)14(16(18)21)15(11)25-13/h3-7,12,14,24H,2,8H2,1H3,(H2,18,21). The van der Waals surface area contributed by atoms with Gasteiger partial charge in [0, 0.05) is 22.7 Å². The van der Waals surface area contributed by atoms with Gasteiger partial charge in [-0.05, 0) is 29.2 Å². The monoisotopic (exact) mass is 375 g/mol. The normalized spacial score (nSPS) is 21.6. The van der Waals surface area contributed by atoms with E-state index in [2.05, 4.69) is 32.0 Å². The number of aryl methyl sites for hydroxylation is 1. The van der Waals surface area contributed by atoms with Gasteiger partial charge in [-0.3, -0.25) is 4.79 Å². The third-order valence-corrected chi connectivity index (χ3v) is 6.23. The number of hydrogen-bond donors (Lipinski definition) is 2. The van der Waals surface area contributed by atoms with E-state index in [0.29, 0.717) is 6.54 Å². The molecular weight excluding hydrogens is 358 g/mol. The Balaban J connectivity index is 1.87. The third-order valence-electron chi connectivity index (χ3n) is 4.82. The molecule has 1 saturated heterocycles. The van der Waals surface area contributed by atoms with Crippen molar-refractivity contribution in [1.82, 2.24) is 9.96 Å². The molecule has 3 amide bonds. The number of nitrogens with zero attached hydrogens (tertiary/aromatic N) is 2. The lowest BCUT2D eigenvalue weighted by molar-refractivity contribution is -0.122. The molecule has 1 aromatic heterocycles. The minimum Gasteiger partial charge on any atom is -0.368 e. The van der Waals surface area contributed by atoms with Crippen LogP contribution in [-0.2, 0) is 15.5 Å². The topological polar surface area (TPSA) is 75.9 Å². The van der Waals surface area contributed by atoms with Crippen LogP contribution in [-0.4, -0.2) is 28.4 Å². The Morgan fingerprint density at radius 1 is 1.44 bits per heavy atom. The van der Waals surface area contributed by atoms with Crippen molar-refractivity contribution in [2.75, 3.05) is 6.54 Å². The average Bonchev–Trinajstić information content (AvgIpc) is 3.16. The second-order valence-corrected chi connectivity index (χ2v) is 7.35. The molecule has 6 nitrogen and oxygen atoms in total. The van der Waals surface area contributed by atoms with Gasteiger partial charge in [0.1, 0.15) is 12.1 Å².